The van der Waals surface area contributed by atoms with Crippen LogP contribution in [0.4, 0.5) is 0 Å². The summed E-state index contributed by atoms with van der Waals surface area (Å²) in [5.41, 5.74) is 0. The third-order valence-electron chi connectivity index (χ3n) is 4.19. The summed E-state index contributed by atoms with van der Waals surface area (Å²) in [4.78, 5) is 2.80. The Morgan fingerprint density at radius 2 is 1.88 bits per heavy atom. The van der Waals surface area contributed by atoms with Crippen LogP contribution < -0.4 is 5.32 Å². The smallest absolute Gasteiger partial charge is 0.00953 e. The molecule has 2 heteroatoms. The Balaban J connectivity index is 1.78. The van der Waals surface area contributed by atoms with E-state index in [-0.39, 0.29) is 0 Å². The van der Waals surface area contributed by atoms with Crippen molar-refractivity contribution >= 4 is 0 Å². The van der Waals surface area contributed by atoms with Gasteiger partial charge in [-0.1, -0.05) is 26.7 Å². The summed E-state index contributed by atoms with van der Waals surface area (Å²) in [6.07, 6.45) is 7.21. The van der Waals surface area contributed by atoms with Crippen molar-refractivity contribution in [2.24, 2.45) is 11.8 Å². The average molecular weight is 224 g/mol. The number of rotatable bonds is 6. The van der Waals surface area contributed by atoms with E-state index in [4.69, 9.17) is 0 Å². The van der Waals surface area contributed by atoms with Crippen LogP contribution in [0.5, 0.6) is 0 Å². The molecular formula is C14H28N2. The van der Waals surface area contributed by atoms with Crippen LogP contribution in [0.2, 0.25) is 0 Å². The summed E-state index contributed by atoms with van der Waals surface area (Å²) < 4.78 is 0. The normalized spacial score (nSPS) is 23.2. The van der Waals surface area contributed by atoms with Crippen molar-refractivity contribution in [1.29, 1.82) is 0 Å². The Kier molecular flexibility index (Phi) is 4.66. The first kappa shape index (κ1) is 12.4. The van der Waals surface area contributed by atoms with Crippen molar-refractivity contribution in [3.05, 3.63) is 0 Å². The zero-order valence-corrected chi connectivity index (χ0v) is 11.0. The molecule has 0 aromatic heterocycles. The predicted octanol–water partition coefficient (Wildman–Crippen LogP) is 2.50. The predicted molar refractivity (Wildman–Crippen MR) is 69.6 cm³/mol. The van der Waals surface area contributed by atoms with Crippen LogP contribution in [-0.4, -0.2) is 37.1 Å². The van der Waals surface area contributed by atoms with Crippen LogP contribution in [0.3, 0.4) is 0 Å². The lowest BCUT2D eigenvalue weighted by atomic mass is 10.0. The summed E-state index contributed by atoms with van der Waals surface area (Å²) in [5.74, 6) is 1.79. The van der Waals surface area contributed by atoms with Gasteiger partial charge in [0.15, 0.2) is 0 Å². The van der Waals surface area contributed by atoms with Gasteiger partial charge in [0, 0.05) is 25.7 Å². The van der Waals surface area contributed by atoms with Gasteiger partial charge in [-0.3, -0.25) is 0 Å². The van der Waals surface area contributed by atoms with Gasteiger partial charge in [-0.25, -0.2) is 0 Å². The highest BCUT2D eigenvalue weighted by atomic mass is 15.2. The van der Waals surface area contributed by atoms with Crippen molar-refractivity contribution in [1.82, 2.24) is 10.2 Å². The maximum atomic E-state index is 3.40. The van der Waals surface area contributed by atoms with Crippen LogP contribution in [0.15, 0.2) is 0 Å². The SMILES string of the molecule is CC(C)CCN(CC1CNC1)C1CCCC1. The molecule has 0 radical (unpaired) electrons. The molecule has 2 fully saturated rings. The van der Waals surface area contributed by atoms with E-state index < -0.39 is 0 Å². The molecule has 0 unspecified atom stereocenters. The first-order valence-electron chi connectivity index (χ1n) is 7.20. The van der Waals surface area contributed by atoms with Crippen LogP contribution in [0.25, 0.3) is 0 Å². The highest BCUT2D eigenvalue weighted by Gasteiger charge is 2.26. The minimum atomic E-state index is 0.850. The molecule has 0 aromatic carbocycles. The number of hydrogen-bond acceptors (Lipinski definition) is 2. The summed E-state index contributed by atoms with van der Waals surface area (Å²) in [6, 6.07) is 0.916. The fraction of sp³-hybridized carbons (Fsp3) is 1.00. The van der Waals surface area contributed by atoms with Gasteiger partial charge in [-0.15, -0.1) is 0 Å². The largest absolute Gasteiger partial charge is 0.316 e. The number of nitrogens with one attached hydrogen (secondary N) is 1. The molecule has 0 amide bonds. The summed E-state index contributed by atoms with van der Waals surface area (Å²) in [5, 5.41) is 3.40. The van der Waals surface area contributed by atoms with Crippen molar-refractivity contribution in [2.45, 2.75) is 52.0 Å². The van der Waals surface area contributed by atoms with E-state index in [0.29, 0.717) is 0 Å². The van der Waals surface area contributed by atoms with Crippen molar-refractivity contribution in [2.75, 3.05) is 26.2 Å². The molecule has 0 bridgehead atoms. The highest BCUT2D eigenvalue weighted by molar-refractivity contribution is 4.83. The van der Waals surface area contributed by atoms with Gasteiger partial charge < -0.3 is 10.2 Å². The molecule has 1 aliphatic carbocycles. The molecule has 1 aliphatic heterocycles. The Hall–Kier alpha value is -0.0800. The van der Waals surface area contributed by atoms with Gasteiger partial charge in [-0.05, 0) is 37.6 Å². The second-order valence-corrected chi connectivity index (χ2v) is 6.14. The van der Waals surface area contributed by atoms with E-state index in [1.165, 1.54) is 58.3 Å². The Morgan fingerprint density at radius 3 is 2.38 bits per heavy atom. The van der Waals surface area contributed by atoms with Gasteiger partial charge in [0.1, 0.15) is 0 Å². The Morgan fingerprint density at radius 1 is 1.19 bits per heavy atom. The monoisotopic (exact) mass is 224 g/mol. The van der Waals surface area contributed by atoms with Gasteiger partial charge in [-0.2, -0.15) is 0 Å². The molecule has 2 aliphatic rings. The maximum Gasteiger partial charge on any atom is 0.00953 e. The quantitative estimate of drug-likeness (QED) is 0.746. The second-order valence-electron chi connectivity index (χ2n) is 6.14. The van der Waals surface area contributed by atoms with Crippen molar-refractivity contribution in [3.8, 4) is 0 Å². The van der Waals surface area contributed by atoms with Crippen LogP contribution in [-0.2, 0) is 0 Å². The molecular weight excluding hydrogens is 196 g/mol. The Labute approximate surface area is 101 Å². The summed E-state index contributed by atoms with van der Waals surface area (Å²) in [7, 11) is 0. The van der Waals surface area contributed by atoms with E-state index in [1.54, 1.807) is 0 Å². The fourth-order valence-electron chi connectivity index (χ4n) is 2.93. The third-order valence-corrected chi connectivity index (χ3v) is 4.19. The van der Waals surface area contributed by atoms with Gasteiger partial charge in [0.05, 0.1) is 0 Å². The molecule has 2 rings (SSSR count). The zero-order valence-electron chi connectivity index (χ0n) is 11.0. The van der Waals surface area contributed by atoms with Gasteiger partial charge in [0.25, 0.3) is 0 Å². The lowest BCUT2D eigenvalue weighted by molar-refractivity contribution is 0.138. The minimum Gasteiger partial charge on any atom is -0.316 e. The van der Waals surface area contributed by atoms with Gasteiger partial charge in [0.2, 0.25) is 0 Å². The third kappa shape index (κ3) is 3.46. The number of nitrogens with zero attached hydrogens (tertiary/aromatic N) is 1. The first-order valence-corrected chi connectivity index (χ1v) is 7.20. The topological polar surface area (TPSA) is 15.3 Å². The standard InChI is InChI=1S/C14H28N2/c1-12(2)7-8-16(11-13-9-15-10-13)14-5-3-4-6-14/h12-15H,3-11H2,1-2H3. The van der Waals surface area contributed by atoms with E-state index in [1.807, 2.05) is 0 Å². The minimum absolute atomic E-state index is 0.850. The molecule has 94 valence electrons. The fourth-order valence-corrected chi connectivity index (χ4v) is 2.93. The number of hydrogen-bond donors (Lipinski definition) is 1. The molecule has 0 atom stereocenters. The lowest BCUT2D eigenvalue weighted by Gasteiger charge is -2.36. The first-order chi connectivity index (χ1) is 7.75. The molecule has 16 heavy (non-hydrogen) atoms. The molecule has 1 saturated heterocycles. The van der Waals surface area contributed by atoms with E-state index >= 15 is 0 Å². The van der Waals surface area contributed by atoms with Crippen molar-refractivity contribution < 1.29 is 0 Å². The molecule has 1 N–H and O–H groups in total. The summed E-state index contributed by atoms with van der Waals surface area (Å²) >= 11 is 0. The lowest BCUT2D eigenvalue weighted by Crippen LogP contribution is -2.50. The molecule has 2 nitrogen and oxygen atoms in total. The van der Waals surface area contributed by atoms with E-state index in [9.17, 15) is 0 Å². The van der Waals surface area contributed by atoms with Crippen LogP contribution >= 0.6 is 0 Å². The summed E-state index contributed by atoms with van der Waals surface area (Å²) in [6.45, 7) is 9.88. The van der Waals surface area contributed by atoms with E-state index in [0.717, 1.165) is 17.9 Å². The molecule has 0 aromatic rings. The van der Waals surface area contributed by atoms with Crippen LogP contribution in [0, 0.1) is 11.8 Å². The van der Waals surface area contributed by atoms with Crippen molar-refractivity contribution in [3.63, 3.8) is 0 Å². The second kappa shape index (κ2) is 6.02. The van der Waals surface area contributed by atoms with Crippen LogP contribution in [0.1, 0.15) is 46.0 Å². The molecule has 0 spiro atoms. The van der Waals surface area contributed by atoms with Gasteiger partial charge >= 0.3 is 0 Å². The maximum absolute atomic E-state index is 3.40. The molecule has 1 heterocycles. The highest BCUT2D eigenvalue weighted by Crippen LogP contribution is 2.25. The average Bonchev–Trinajstić information content (AvgIpc) is 2.67. The Bertz CT molecular complexity index is 193. The van der Waals surface area contributed by atoms with E-state index in [2.05, 4.69) is 24.1 Å². The zero-order chi connectivity index (χ0) is 11.4. The molecule has 1 saturated carbocycles.